The number of rotatable bonds is 11. The summed E-state index contributed by atoms with van der Waals surface area (Å²) in [5.74, 6) is -1.11. The fourth-order valence-corrected chi connectivity index (χ4v) is 4.33. The first-order valence-corrected chi connectivity index (χ1v) is 12.0. The van der Waals surface area contributed by atoms with Crippen molar-refractivity contribution in [3.8, 4) is 5.75 Å². The minimum absolute atomic E-state index is 0.141. The quantitative estimate of drug-likeness (QED) is 0.304. The van der Waals surface area contributed by atoms with Gasteiger partial charge in [-0.2, -0.15) is 0 Å². The van der Waals surface area contributed by atoms with Crippen LogP contribution in [0.2, 0.25) is 0 Å². The van der Waals surface area contributed by atoms with E-state index in [-0.39, 0.29) is 18.1 Å². The van der Waals surface area contributed by atoms with E-state index >= 15 is 0 Å². The first kappa shape index (κ1) is 26.5. The molecule has 35 heavy (non-hydrogen) atoms. The van der Waals surface area contributed by atoms with Gasteiger partial charge >= 0.3 is 6.36 Å². The number of nitrogens with one attached hydrogen (secondary N) is 1. The molecule has 0 aromatic heterocycles. The first-order chi connectivity index (χ1) is 16.7. The maximum atomic E-state index is 13.3. The van der Waals surface area contributed by atoms with Gasteiger partial charge in [0, 0.05) is 12.2 Å². The largest absolute Gasteiger partial charge is 0.573 e. The smallest absolute Gasteiger partial charge is 0.406 e. The van der Waals surface area contributed by atoms with Gasteiger partial charge in [0.1, 0.15) is 11.8 Å². The second kappa shape index (κ2) is 12.0. The van der Waals surface area contributed by atoms with Crippen LogP contribution in [0, 0.1) is 0 Å². The monoisotopic (exact) mass is 507 g/mol. The van der Waals surface area contributed by atoms with E-state index in [0.29, 0.717) is 23.0 Å². The minimum Gasteiger partial charge on any atom is -0.406 e. The summed E-state index contributed by atoms with van der Waals surface area (Å²) in [6.45, 7) is 2.69. The topological polar surface area (TPSA) is 61.9 Å². The number of carbonyl (C=O) groups is 2. The molecule has 1 atom stereocenters. The zero-order valence-electron chi connectivity index (χ0n) is 19.4. The van der Waals surface area contributed by atoms with Crippen LogP contribution in [0.4, 0.5) is 24.5 Å². The minimum atomic E-state index is -4.79. The third kappa shape index (κ3) is 7.42. The number of carbonyl (C=O) groups excluding carboxylic acids is 2. The summed E-state index contributed by atoms with van der Waals surface area (Å²) in [4.78, 5) is 29.4. The molecule has 2 amide bonds. The Bertz CT molecular complexity index is 1020. The number of anilines is 2. The Morgan fingerprint density at radius 1 is 1.03 bits per heavy atom. The van der Waals surface area contributed by atoms with E-state index in [2.05, 4.69) is 17.0 Å². The lowest BCUT2D eigenvalue weighted by molar-refractivity contribution is -0.274. The Morgan fingerprint density at radius 2 is 1.69 bits per heavy atom. The number of para-hydroxylation sites is 1. The van der Waals surface area contributed by atoms with Crippen molar-refractivity contribution in [3.63, 3.8) is 0 Å². The average Bonchev–Trinajstić information content (AvgIpc) is 3.03. The number of unbranched alkanes of at least 4 members (excludes halogenated alkanes) is 4. The van der Waals surface area contributed by atoms with Gasteiger partial charge in [-0.05, 0) is 55.0 Å². The number of hydrogen-bond acceptors (Lipinski definition) is 4. The van der Waals surface area contributed by atoms with Crippen molar-refractivity contribution in [2.24, 2.45) is 0 Å². The number of benzene rings is 2. The molecule has 10 heteroatoms. The van der Waals surface area contributed by atoms with Crippen LogP contribution in [-0.2, 0) is 9.59 Å². The summed E-state index contributed by atoms with van der Waals surface area (Å²) >= 11 is 5.63. The highest BCUT2D eigenvalue weighted by atomic mass is 32.1. The third-order valence-corrected chi connectivity index (χ3v) is 6.00. The van der Waals surface area contributed by atoms with E-state index in [1.54, 1.807) is 17.0 Å². The van der Waals surface area contributed by atoms with Crippen LogP contribution < -0.4 is 15.0 Å². The molecule has 1 heterocycles. The predicted molar refractivity (Wildman–Crippen MR) is 132 cm³/mol. The molecule has 0 aliphatic carbocycles. The molecular formula is C25H28F3N3O3S. The SMILES string of the molecule is CCCCCCCN1C(=S)N(c2ccccc2)C(=O)[C@@H]1CC(=O)Nc1ccc(OC(F)(F)F)cc1. The molecule has 6 nitrogen and oxygen atoms in total. The maximum Gasteiger partial charge on any atom is 0.573 e. The number of alkyl halides is 3. The summed E-state index contributed by atoms with van der Waals surface area (Å²) in [6.07, 6.45) is 0.251. The average molecular weight is 508 g/mol. The van der Waals surface area contributed by atoms with Crippen LogP contribution >= 0.6 is 12.2 Å². The number of hydrogen-bond donors (Lipinski definition) is 1. The standard InChI is InChI=1S/C25H28F3N3O3S/c1-2-3-4-5-9-16-30-21(23(33)31(24(30)35)19-10-7-6-8-11-19)17-22(32)29-18-12-14-20(15-13-18)34-25(26,27)28/h6-8,10-15,21H,2-5,9,16-17H2,1H3,(H,29,32)/t21-/m0/s1. The highest BCUT2D eigenvalue weighted by Crippen LogP contribution is 2.28. The Labute approximate surface area is 208 Å². The van der Waals surface area contributed by atoms with Gasteiger partial charge < -0.3 is 15.0 Å². The fraction of sp³-hybridized carbons (Fsp3) is 0.400. The molecule has 3 rings (SSSR count). The molecule has 1 N–H and O–H groups in total. The number of halogens is 3. The van der Waals surface area contributed by atoms with Gasteiger partial charge in [0.25, 0.3) is 5.91 Å². The van der Waals surface area contributed by atoms with Crippen LogP contribution in [0.3, 0.4) is 0 Å². The predicted octanol–water partition coefficient (Wildman–Crippen LogP) is 5.89. The summed E-state index contributed by atoms with van der Waals surface area (Å²) < 4.78 is 40.9. The normalized spacial score (nSPS) is 16.1. The van der Waals surface area contributed by atoms with E-state index in [1.165, 1.54) is 17.0 Å². The molecule has 188 valence electrons. The van der Waals surface area contributed by atoms with Crippen LogP contribution in [0.1, 0.15) is 45.4 Å². The van der Waals surface area contributed by atoms with E-state index in [4.69, 9.17) is 12.2 Å². The molecule has 1 saturated heterocycles. The number of nitrogens with zero attached hydrogens (tertiary/aromatic N) is 2. The molecule has 2 aromatic rings. The number of ether oxygens (including phenoxy) is 1. The van der Waals surface area contributed by atoms with Crippen LogP contribution in [0.5, 0.6) is 5.75 Å². The van der Waals surface area contributed by atoms with Gasteiger partial charge in [0.2, 0.25) is 5.91 Å². The Kier molecular flexibility index (Phi) is 9.08. The Morgan fingerprint density at radius 3 is 2.31 bits per heavy atom. The van der Waals surface area contributed by atoms with Crippen LogP contribution in [-0.4, -0.2) is 40.8 Å². The van der Waals surface area contributed by atoms with Gasteiger partial charge in [-0.3, -0.25) is 14.5 Å². The Balaban J connectivity index is 1.69. The number of amides is 2. The maximum absolute atomic E-state index is 13.3. The van der Waals surface area contributed by atoms with Crippen molar-refractivity contribution in [2.75, 3.05) is 16.8 Å². The van der Waals surface area contributed by atoms with Crippen LogP contribution in [0.15, 0.2) is 54.6 Å². The van der Waals surface area contributed by atoms with Gasteiger partial charge in [-0.15, -0.1) is 13.2 Å². The molecule has 1 fully saturated rings. The van der Waals surface area contributed by atoms with Gasteiger partial charge in [0.05, 0.1) is 12.1 Å². The molecule has 1 aliphatic heterocycles. The highest BCUT2D eigenvalue weighted by Gasteiger charge is 2.43. The van der Waals surface area contributed by atoms with Crippen molar-refractivity contribution >= 4 is 40.5 Å². The number of thiocarbonyl (C=S) groups is 1. The second-order valence-electron chi connectivity index (χ2n) is 8.24. The van der Waals surface area contributed by atoms with E-state index in [9.17, 15) is 22.8 Å². The van der Waals surface area contributed by atoms with E-state index in [0.717, 1.165) is 44.2 Å². The van der Waals surface area contributed by atoms with Crippen molar-refractivity contribution in [3.05, 3.63) is 54.6 Å². The third-order valence-electron chi connectivity index (χ3n) is 5.59. The highest BCUT2D eigenvalue weighted by molar-refractivity contribution is 7.80. The van der Waals surface area contributed by atoms with Crippen molar-refractivity contribution in [2.45, 2.75) is 57.9 Å². The van der Waals surface area contributed by atoms with Crippen LogP contribution in [0.25, 0.3) is 0 Å². The lowest BCUT2D eigenvalue weighted by Crippen LogP contribution is -2.38. The fourth-order valence-electron chi connectivity index (χ4n) is 3.92. The molecule has 0 saturated carbocycles. The first-order valence-electron chi connectivity index (χ1n) is 11.5. The van der Waals surface area contributed by atoms with Gasteiger partial charge in [-0.25, -0.2) is 0 Å². The molecule has 1 aliphatic rings. The second-order valence-corrected chi connectivity index (χ2v) is 8.60. The van der Waals surface area contributed by atoms with Crippen molar-refractivity contribution in [1.82, 2.24) is 4.90 Å². The van der Waals surface area contributed by atoms with Crippen molar-refractivity contribution in [1.29, 1.82) is 0 Å². The van der Waals surface area contributed by atoms with E-state index < -0.39 is 18.3 Å². The Hall–Kier alpha value is -3.14. The molecule has 0 radical (unpaired) electrons. The summed E-state index contributed by atoms with van der Waals surface area (Å²) in [5, 5.41) is 3.00. The lowest BCUT2D eigenvalue weighted by atomic mass is 10.1. The summed E-state index contributed by atoms with van der Waals surface area (Å²) in [6, 6.07) is 13.1. The van der Waals surface area contributed by atoms with Crippen molar-refractivity contribution < 1.29 is 27.5 Å². The molecule has 2 aromatic carbocycles. The lowest BCUT2D eigenvalue weighted by Gasteiger charge is -2.24. The summed E-state index contributed by atoms with van der Waals surface area (Å²) in [5.41, 5.74) is 0.935. The zero-order chi connectivity index (χ0) is 25.4. The molecular weight excluding hydrogens is 479 g/mol. The zero-order valence-corrected chi connectivity index (χ0v) is 20.2. The molecule has 0 bridgehead atoms. The summed E-state index contributed by atoms with van der Waals surface area (Å²) in [7, 11) is 0. The molecule has 0 spiro atoms. The van der Waals surface area contributed by atoms with Gasteiger partial charge in [-0.1, -0.05) is 50.8 Å². The van der Waals surface area contributed by atoms with Gasteiger partial charge in [0.15, 0.2) is 5.11 Å². The molecule has 0 unspecified atom stereocenters. The van der Waals surface area contributed by atoms with E-state index in [1.807, 2.05) is 18.2 Å².